The van der Waals surface area contributed by atoms with Crippen LogP contribution in [0, 0.1) is 5.92 Å². The first kappa shape index (κ1) is 13.4. The standard InChI is InChI=1S/C16H17N3O2/c20-15-7-6-14(18-10-15)9-17-12-2-1-3-13(8-12)19-16(21)11-4-5-11/h1-3,6-8,10-11,17,20H,4-5,9H2,(H,19,21). The van der Waals surface area contributed by atoms with E-state index in [9.17, 15) is 9.90 Å². The summed E-state index contributed by atoms with van der Waals surface area (Å²) in [6, 6.07) is 11.0. The molecule has 1 aliphatic rings. The van der Waals surface area contributed by atoms with Crippen molar-refractivity contribution in [1.82, 2.24) is 4.98 Å². The average Bonchev–Trinajstić information content (AvgIpc) is 3.32. The first-order valence-corrected chi connectivity index (χ1v) is 6.99. The number of nitrogens with zero attached hydrogens (tertiary/aromatic N) is 1. The Morgan fingerprint density at radius 2 is 2.05 bits per heavy atom. The SMILES string of the molecule is O=C(Nc1cccc(NCc2ccc(O)cn2)c1)C1CC1. The van der Waals surface area contributed by atoms with E-state index in [0.717, 1.165) is 29.9 Å². The van der Waals surface area contributed by atoms with Gasteiger partial charge in [-0.2, -0.15) is 0 Å². The second-order valence-corrected chi connectivity index (χ2v) is 5.21. The minimum Gasteiger partial charge on any atom is -0.506 e. The van der Waals surface area contributed by atoms with Gasteiger partial charge in [-0.25, -0.2) is 0 Å². The van der Waals surface area contributed by atoms with E-state index >= 15 is 0 Å². The number of aromatic hydroxyl groups is 1. The molecule has 3 rings (SSSR count). The summed E-state index contributed by atoms with van der Waals surface area (Å²) < 4.78 is 0. The quantitative estimate of drug-likeness (QED) is 0.788. The zero-order chi connectivity index (χ0) is 14.7. The molecule has 0 bridgehead atoms. The van der Waals surface area contributed by atoms with Crippen molar-refractivity contribution in [3.63, 3.8) is 0 Å². The molecule has 0 aliphatic heterocycles. The summed E-state index contributed by atoms with van der Waals surface area (Å²) in [7, 11) is 0. The number of carbonyl (C=O) groups excluding carboxylic acids is 1. The Hall–Kier alpha value is -2.56. The molecule has 0 radical (unpaired) electrons. The molecule has 5 nitrogen and oxygen atoms in total. The van der Waals surface area contributed by atoms with Gasteiger partial charge in [0.2, 0.25) is 5.91 Å². The molecule has 1 aromatic heterocycles. The Balaban J connectivity index is 1.60. The van der Waals surface area contributed by atoms with E-state index < -0.39 is 0 Å². The lowest BCUT2D eigenvalue weighted by Crippen LogP contribution is -2.13. The molecular weight excluding hydrogens is 266 g/mol. The molecule has 21 heavy (non-hydrogen) atoms. The summed E-state index contributed by atoms with van der Waals surface area (Å²) in [6.45, 7) is 0.556. The molecule has 0 spiro atoms. The van der Waals surface area contributed by atoms with Crippen molar-refractivity contribution >= 4 is 17.3 Å². The first-order chi connectivity index (χ1) is 10.2. The van der Waals surface area contributed by atoms with Crippen molar-refractivity contribution < 1.29 is 9.90 Å². The molecule has 1 amide bonds. The number of hydrogen-bond acceptors (Lipinski definition) is 4. The Bertz CT molecular complexity index is 636. The van der Waals surface area contributed by atoms with Gasteiger partial charge in [0.25, 0.3) is 0 Å². The zero-order valence-electron chi connectivity index (χ0n) is 11.5. The number of amides is 1. The van der Waals surface area contributed by atoms with Crippen molar-refractivity contribution in [2.24, 2.45) is 5.92 Å². The number of anilines is 2. The van der Waals surface area contributed by atoms with E-state index in [2.05, 4.69) is 15.6 Å². The fourth-order valence-electron chi connectivity index (χ4n) is 2.01. The Morgan fingerprint density at radius 3 is 2.76 bits per heavy atom. The van der Waals surface area contributed by atoms with Crippen molar-refractivity contribution in [2.75, 3.05) is 10.6 Å². The number of aromatic nitrogens is 1. The van der Waals surface area contributed by atoms with Crippen LogP contribution in [0.5, 0.6) is 5.75 Å². The van der Waals surface area contributed by atoms with Crippen LogP contribution in [0.4, 0.5) is 11.4 Å². The van der Waals surface area contributed by atoms with Gasteiger partial charge < -0.3 is 15.7 Å². The van der Waals surface area contributed by atoms with Crippen LogP contribution in [0.3, 0.4) is 0 Å². The normalized spacial score (nSPS) is 13.7. The Kier molecular flexibility index (Phi) is 3.73. The van der Waals surface area contributed by atoms with Gasteiger partial charge in [-0.3, -0.25) is 9.78 Å². The number of hydrogen-bond donors (Lipinski definition) is 3. The summed E-state index contributed by atoms with van der Waals surface area (Å²) in [5.74, 6) is 0.457. The van der Waals surface area contributed by atoms with E-state index in [1.807, 2.05) is 24.3 Å². The highest BCUT2D eigenvalue weighted by Crippen LogP contribution is 2.30. The van der Waals surface area contributed by atoms with E-state index in [-0.39, 0.29) is 17.6 Å². The average molecular weight is 283 g/mol. The fraction of sp³-hybridized carbons (Fsp3) is 0.250. The van der Waals surface area contributed by atoms with Crippen LogP contribution < -0.4 is 10.6 Å². The molecule has 5 heteroatoms. The lowest BCUT2D eigenvalue weighted by Gasteiger charge is -2.09. The highest BCUT2D eigenvalue weighted by atomic mass is 16.3. The van der Waals surface area contributed by atoms with Crippen molar-refractivity contribution in [3.05, 3.63) is 48.3 Å². The third-order valence-electron chi connectivity index (χ3n) is 3.36. The topological polar surface area (TPSA) is 74.2 Å². The van der Waals surface area contributed by atoms with E-state index in [1.54, 1.807) is 12.1 Å². The summed E-state index contributed by atoms with van der Waals surface area (Å²) in [4.78, 5) is 15.8. The summed E-state index contributed by atoms with van der Waals surface area (Å²) in [5, 5.41) is 15.4. The van der Waals surface area contributed by atoms with Gasteiger partial charge in [0.1, 0.15) is 5.75 Å². The number of rotatable bonds is 5. The number of benzene rings is 1. The maximum atomic E-state index is 11.7. The monoisotopic (exact) mass is 283 g/mol. The highest BCUT2D eigenvalue weighted by Gasteiger charge is 2.29. The minimum absolute atomic E-state index is 0.104. The van der Waals surface area contributed by atoms with Gasteiger partial charge in [0.05, 0.1) is 18.4 Å². The van der Waals surface area contributed by atoms with E-state index in [1.165, 1.54) is 6.20 Å². The summed E-state index contributed by atoms with van der Waals surface area (Å²) >= 11 is 0. The van der Waals surface area contributed by atoms with Gasteiger partial charge in [-0.15, -0.1) is 0 Å². The molecule has 1 heterocycles. The van der Waals surface area contributed by atoms with Gasteiger partial charge >= 0.3 is 0 Å². The highest BCUT2D eigenvalue weighted by molar-refractivity contribution is 5.94. The largest absolute Gasteiger partial charge is 0.506 e. The van der Waals surface area contributed by atoms with Crippen LogP contribution in [-0.4, -0.2) is 16.0 Å². The zero-order valence-corrected chi connectivity index (χ0v) is 11.5. The van der Waals surface area contributed by atoms with Crippen LogP contribution in [0.2, 0.25) is 0 Å². The van der Waals surface area contributed by atoms with E-state index in [0.29, 0.717) is 6.54 Å². The van der Waals surface area contributed by atoms with E-state index in [4.69, 9.17) is 0 Å². The molecule has 1 aliphatic carbocycles. The second kappa shape index (κ2) is 5.83. The molecule has 0 saturated heterocycles. The molecular formula is C16H17N3O2. The molecule has 3 N–H and O–H groups in total. The smallest absolute Gasteiger partial charge is 0.227 e. The second-order valence-electron chi connectivity index (χ2n) is 5.21. The molecule has 2 aromatic rings. The molecule has 0 atom stereocenters. The van der Waals surface area contributed by atoms with Gasteiger partial charge in [0.15, 0.2) is 0 Å². The fourth-order valence-corrected chi connectivity index (χ4v) is 2.01. The lowest BCUT2D eigenvalue weighted by atomic mass is 10.2. The molecule has 1 saturated carbocycles. The maximum absolute atomic E-state index is 11.7. The first-order valence-electron chi connectivity index (χ1n) is 6.99. The third-order valence-corrected chi connectivity index (χ3v) is 3.36. The van der Waals surface area contributed by atoms with Crippen LogP contribution in [-0.2, 0) is 11.3 Å². The lowest BCUT2D eigenvalue weighted by molar-refractivity contribution is -0.117. The Labute approximate surface area is 123 Å². The van der Waals surface area contributed by atoms with Crippen LogP contribution in [0.25, 0.3) is 0 Å². The van der Waals surface area contributed by atoms with Crippen molar-refractivity contribution in [3.8, 4) is 5.75 Å². The Morgan fingerprint density at radius 1 is 1.24 bits per heavy atom. The number of pyridine rings is 1. The van der Waals surface area contributed by atoms with Crippen LogP contribution in [0.15, 0.2) is 42.6 Å². The molecule has 0 unspecified atom stereocenters. The number of carbonyl (C=O) groups is 1. The molecule has 108 valence electrons. The van der Waals surface area contributed by atoms with Crippen molar-refractivity contribution in [2.45, 2.75) is 19.4 Å². The number of nitrogens with one attached hydrogen (secondary N) is 2. The van der Waals surface area contributed by atoms with Gasteiger partial charge in [-0.1, -0.05) is 6.07 Å². The van der Waals surface area contributed by atoms with Crippen LogP contribution in [0.1, 0.15) is 18.5 Å². The van der Waals surface area contributed by atoms with Crippen molar-refractivity contribution in [1.29, 1.82) is 0 Å². The maximum Gasteiger partial charge on any atom is 0.227 e. The third kappa shape index (κ3) is 3.72. The minimum atomic E-state index is 0.104. The molecule has 1 aromatic carbocycles. The van der Waals surface area contributed by atoms with Gasteiger partial charge in [0, 0.05) is 17.3 Å². The summed E-state index contributed by atoms with van der Waals surface area (Å²) in [6.07, 6.45) is 3.41. The van der Waals surface area contributed by atoms with Crippen LogP contribution >= 0.6 is 0 Å². The summed E-state index contributed by atoms with van der Waals surface area (Å²) in [5.41, 5.74) is 2.55. The predicted octanol–water partition coefficient (Wildman–Crippen LogP) is 2.75. The van der Waals surface area contributed by atoms with Gasteiger partial charge in [-0.05, 0) is 43.2 Å². The predicted molar refractivity (Wildman–Crippen MR) is 81.0 cm³/mol. The molecule has 1 fully saturated rings.